The lowest BCUT2D eigenvalue weighted by Gasteiger charge is -2.28. The van der Waals surface area contributed by atoms with Crippen LogP contribution in [0, 0.1) is 6.92 Å². The monoisotopic (exact) mass is 424 g/mol. The van der Waals surface area contributed by atoms with Gasteiger partial charge in [0, 0.05) is 6.92 Å². The maximum atomic E-state index is 11.2. The van der Waals surface area contributed by atoms with Crippen LogP contribution in [-0.2, 0) is 13.6 Å². The van der Waals surface area contributed by atoms with Gasteiger partial charge in [-0.1, -0.05) is 45.4 Å². The maximum Gasteiger partial charge on any atom is 0.558 e. The van der Waals surface area contributed by atoms with Crippen molar-refractivity contribution in [2.45, 2.75) is 83.8 Å². The average molecular weight is 424 g/mol. The molecule has 0 N–H and O–H groups in total. The lowest BCUT2D eigenvalue weighted by Crippen LogP contribution is -2.53. The third-order valence-electron chi connectivity index (χ3n) is 4.44. The van der Waals surface area contributed by atoms with Crippen molar-refractivity contribution in [3.63, 3.8) is 0 Å². The molecule has 0 atom stereocenters. The van der Waals surface area contributed by atoms with Crippen LogP contribution in [0.25, 0.3) is 0 Å². The maximum absolute atomic E-state index is 11.2. The molecule has 1 heterocycles. The average Bonchev–Trinajstić information content (AvgIpc) is 2.88. The van der Waals surface area contributed by atoms with E-state index in [1.165, 1.54) is 63.7 Å². The van der Waals surface area contributed by atoms with Gasteiger partial charge in [-0.15, -0.1) is 0 Å². The van der Waals surface area contributed by atoms with Gasteiger partial charge >= 0.3 is 19.0 Å². The number of halogens is 8. The number of aromatic nitrogens is 2. The van der Waals surface area contributed by atoms with Gasteiger partial charge in [-0.3, -0.25) is 0 Å². The number of unbranched alkanes of at least 4 members (excludes halogenated alkanes) is 7. The molecule has 0 amide bonds. The van der Waals surface area contributed by atoms with E-state index < -0.39 is 19.0 Å². The number of rotatable bonds is 10. The van der Waals surface area contributed by atoms with Gasteiger partial charge in [0.1, 0.15) is 12.4 Å². The van der Waals surface area contributed by atoms with E-state index >= 15 is 0 Å². The van der Waals surface area contributed by atoms with Crippen LogP contribution in [0.2, 0.25) is 0 Å². The Hall–Kier alpha value is -1.29. The number of aryl methyl sites for hydroxylation is 2. The van der Waals surface area contributed by atoms with Crippen molar-refractivity contribution in [1.29, 1.82) is 0 Å². The number of imidazole rings is 1. The zero-order valence-electron chi connectivity index (χ0n) is 16.5. The van der Waals surface area contributed by atoms with Crippen molar-refractivity contribution in [2.75, 3.05) is 0 Å². The molecule has 0 aliphatic carbocycles. The molecular weight excluding hydrogens is 395 g/mol. The molecule has 166 valence electrons. The third-order valence-corrected chi connectivity index (χ3v) is 4.44. The highest BCUT2D eigenvalue weighted by Crippen LogP contribution is 2.44. The molecule has 0 aliphatic rings. The lowest BCUT2D eigenvalue weighted by molar-refractivity contribution is -0.677. The van der Waals surface area contributed by atoms with E-state index in [-0.39, 0.29) is 0 Å². The standard InChI is InChI=1S/C15H29N2.C2BF8/c1-4-5-6-7-8-9-10-11-12-17-14-13-16(3)15(17)2;4-1(5,2(6,7)8)3(9,10)11/h13-14H,4-12H2,1-3H3;/q+1;-1. The molecule has 1 aromatic heterocycles. The summed E-state index contributed by atoms with van der Waals surface area (Å²) < 4.78 is 92.4. The minimum atomic E-state index is -7.21. The summed E-state index contributed by atoms with van der Waals surface area (Å²) in [6.07, 6.45) is 8.96. The molecule has 0 fully saturated rings. The van der Waals surface area contributed by atoms with Gasteiger partial charge in [0.2, 0.25) is 0 Å². The van der Waals surface area contributed by atoms with Gasteiger partial charge in [0.15, 0.2) is 0 Å². The molecular formula is C17H29BF8N2. The summed E-state index contributed by atoms with van der Waals surface area (Å²) in [5.41, 5.74) is 0. The molecule has 0 radical (unpaired) electrons. The molecule has 11 heteroatoms. The van der Waals surface area contributed by atoms with Crippen LogP contribution >= 0.6 is 0 Å². The van der Waals surface area contributed by atoms with Gasteiger partial charge in [-0.05, 0) is 12.8 Å². The Labute approximate surface area is 161 Å². The summed E-state index contributed by atoms with van der Waals surface area (Å²) in [6.45, 7) is -1.56. The molecule has 2 nitrogen and oxygen atoms in total. The first kappa shape index (κ1) is 26.7. The van der Waals surface area contributed by atoms with Gasteiger partial charge in [-0.25, -0.2) is 17.9 Å². The first-order valence-electron chi connectivity index (χ1n) is 9.41. The number of nitrogens with zero attached hydrogens (tertiary/aromatic N) is 2. The molecule has 0 bridgehead atoms. The molecule has 0 unspecified atom stereocenters. The summed E-state index contributed by atoms with van der Waals surface area (Å²) in [5.74, 6) is -5.21. The third kappa shape index (κ3) is 8.81. The Morgan fingerprint density at radius 3 is 1.68 bits per heavy atom. The molecule has 0 saturated heterocycles. The van der Waals surface area contributed by atoms with Crippen LogP contribution in [0.5, 0.6) is 0 Å². The summed E-state index contributed by atoms with van der Waals surface area (Å²) in [7, 11) is 2.11. The normalized spacial score (nSPS) is 12.7. The summed E-state index contributed by atoms with van der Waals surface area (Å²) >= 11 is 0. The lowest BCUT2D eigenvalue weighted by atomic mass is 9.80. The van der Waals surface area contributed by atoms with E-state index in [2.05, 4.69) is 42.4 Å². The minimum absolute atomic E-state index is 1.18. The van der Waals surface area contributed by atoms with Crippen LogP contribution < -0.4 is 4.57 Å². The molecule has 28 heavy (non-hydrogen) atoms. The van der Waals surface area contributed by atoms with Crippen LogP contribution in [0.15, 0.2) is 12.4 Å². The van der Waals surface area contributed by atoms with Gasteiger partial charge < -0.3 is 12.9 Å². The largest absolute Gasteiger partial charge is 0.558 e. The van der Waals surface area contributed by atoms with E-state index in [4.69, 9.17) is 0 Å². The first-order valence-corrected chi connectivity index (χ1v) is 9.41. The van der Waals surface area contributed by atoms with Crippen molar-refractivity contribution in [3.8, 4) is 0 Å². The zero-order chi connectivity index (χ0) is 22.0. The second-order valence-corrected chi connectivity index (χ2v) is 6.82. The molecule has 0 saturated carbocycles. The summed E-state index contributed by atoms with van der Waals surface area (Å²) in [6, 6.07) is 0. The minimum Gasteiger partial charge on any atom is -0.445 e. The fraction of sp³-hybridized carbons (Fsp3) is 0.824. The summed E-state index contributed by atoms with van der Waals surface area (Å²) in [5, 5.41) is 0. The number of hydrogen-bond donors (Lipinski definition) is 0. The van der Waals surface area contributed by atoms with Gasteiger partial charge in [0.05, 0.1) is 13.6 Å². The molecule has 1 rings (SSSR count). The van der Waals surface area contributed by atoms with Crippen LogP contribution in [0.1, 0.15) is 64.1 Å². The second-order valence-electron chi connectivity index (χ2n) is 6.82. The molecule has 0 spiro atoms. The Kier molecular flexibility index (Phi) is 11.1. The van der Waals surface area contributed by atoms with Crippen molar-refractivity contribution in [2.24, 2.45) is 7.05 Å². The van der Waals surface area contributed by atoms with Crippen molar-refractivity contribution < 1.29 is 39.5 Å². The second kappa shape index (κ2) is 11.7. The summed E-state index contributed by atoms with van der Waals surface area (Å²) in [4.78, 5) is 0. The van der Waals surface area contributed by atoms with Crippen LogP contribution in [-0.4, -0.2) is 23.5 Å². The topological polar surface area (TPSA) is 8.81 Å². The fourth-order valence-corrected chi connectivity index (χ4v) is 2.44. The number of alkyl halides is 5. The first-order chi connectivity index (χ1) is 12.8. The Morgan fingerprint density at radius 2 is 1.36 bits per heavy atom. The Morgan fingerprint density at radius 1 is 0.893 bits per heavy atom. The van der Waals surface area contributed by atoms with Crippen LogP contribution in [0.3, 0.4) is 0 Å². The predicted octanol–water partition coefficient (Wildman–Crippen LogP) is 6.33. The van der Waals surface area contributed by atoms with Crippen molar-refractivity contribution in [1.82, 2.24) is 4.57 Å². The number of hydrogen-bond acceptors (Lipinski definition) is 0. The fourth-order valence-electron chi connectivity index (χ4n) is 2.44. The van der Waals surface area contributed by atoms with Gasteiger partial charge in [-0.2, -0.15) is 13.2 Å². The van der Waals surface area contributed by atoms with E-state index in [0.29, 0.717) is 0 Å². The Balaban J connectivity index is 0.000000576. The van der Waals surface area contributed by atoms with Gasteiger partial charge in [0.25, 0.3) is 5.82 Å². The molecule has 1 aromatic rings. The molecule has 0 aromatic carbocycles. The highest BCUT2D eigenvalue weighted by molar-refractivity contribution is 6.61. The zero-order valence-corrected chi connectivity index (χ0v) is 16.5. The van der Waals surface area contributed by atoms with Crippen molar-refractivity contribution >= 4 is 6.98 Å². The Bertz CT molecular complexity index is 536. The quantitative estimate of drug-likeness (QED) is 0.180. The van der Waals surface area contributed by atoms with Crippen molar-refractivity contribution in [3.05, 3.63) is 18.2 Å². The highest BCUT2D eigenvalue weighted by atomic mass is 19.4. The molecule has 0 aliphatic heterocycles. The van der Waals surface area contributed by atoms with Crippen LogP contribution in [0.4, 0.5) is 34.9 Å². The predicted molar refractivity (Wildman–Crippen MR) is 93.0 cm³/mol. The van der Waals surface area contributed by atoms with E-state index in [9.17, 15) is 34.9 Å². The van der Waals surface area contributed by atoms with E-state index in [1.54, 1.807) is 0 Å². The van der Waals surface area contributed by atoms with E-state index in [0.717, 1.165) is 0 Å². The van der Waals surface area contributed by atoms with E-state index in [1.807, 2.05) is 0 Å². The SMILES string of the molecule is CCCCCCCCCCn1cc[n+](C)c1C.F[B-](F)(F)C(F)(F)C(F)(F)F. The highest BCUT2D eigenvalue weighted by Gasteiger charge is 2.69. The smallest absolute Gasteiger partial charge is 0.445 e.